The first-order valence-electron chi connectivity index (χ1n) is 9.36. The molecule has 5 nitrogen and oxygen atoms in total. The van der Waals surface area contributed by atoms with Gasteiger partial charge >= 0.3 is 0 Å². The van der Waals surface area contributed by atoms with Crippen LogP contribution >= 0.6 is 24.0 Å². The van der Waals surface area contributed by atoms with Gasteiger partial charge in [-0.1, -0.05) is 44.2 Å². The zero-order valence-corrected chi connectivity index (χ0v) is 18.8. The first-order chi connectivity index (χ1) is 12.2. The van der Waals surface area contributed by atoms with Crippen LogP contribution in [0.15, 0.2) is 35.3 Å². The highest BCUT2D eigenvalue weighted by Crippen LogP contribution is 2.01. The van der Waals surface area contributed by atoms with Gasteiger partial charge in [-0.15, -0.1) is 24.0 Å². The molecule has 0 heterocycles. The van der Waals surface area contributed by atoms with Gasteiger partial charge in [-0.2, -0.15) is 0 Å². The van der Waals surface area contributed by atoms with Gasteiger partial charge in [0, 0.05) is 40.0 Å². The average Bonchev–Trinajstić information content (AvgIpc) is 2.62. The summed E-state index contributed by atoms with van der Waals surface area (Å²) >= 11 is 0. The van der Waals surface area contributed by atoms with Crippen LogP contribution in [0.4, 0.5) is 0 Å². The lowest BCUT2D eigenvalue weighted by Crippen LogP contribution is -2.38. The van der Waals surface area contributed by atoms with Crippen molar-refractivity contribution in [2.24, 2.45) is 10.9 Å². The summed E-state index contributed by atoms with van der Waals surface area (Å²) in [6.07, 6.45) is 3.09. The Morgan fingerprint density at radius 2 is 1.62 bits per heavy atom. The van der Waals surface area contributed by atoms with E-state index < -0.39 is 0 Å². The number of aliphatic imine (C=N–C) groups is 1. The van der Waals surface area contributed by atoms with Crippen molar-refractivity contribution in [3.63, 3.8) is 0 Å². The van der Waals surface area contributed by atoms with Crippen molar-refractivity contribution >= 4 is 29.9 Å². The van der Waals surface area contributed by atoms with E-state index in [1.54, 1.807) is 7.05 Å². The van der Waals surface area contributed by atoms with E-state index in [9.17, 15) is 0 Å². The first-order valence-corrected chi connectivity index (χ1v) is 9.36. The number of ether oxygens (including phenoxy) is 2. The van der Waals surface area contributed by atoms with Gasteiger partial charge in [-0.25, -0.2) is 0 Å². The molecule has 0 aromatic heterocycles. The van der Waals surface area contributed by atoms with Crippen LogP contribution in [0.2, 0.25) is 0 Å². The normalized spacial score (nSPS) is 11.3. The maximum absolute atomic E-state index is 5.68. The van der Waals surface area contributed by atoms with Gasteiger partial charge in [0.05, 0.1) is 6.61 Å². The molecule has 0 saturated heterocycles. The summed E-state index contributed by atoms with van der Waals surface area (Å²) in [7, 11) is 1.80. The Balaban J connectivity index is 0.00000625. The third kappa shape index (κ3) is 14.3. The minimum absolute atomic E-state index is 0. The molecule has 0 aliphatic carbocycles. The van der Waals surface area contributed by atoms with E-state index in [4.69, 9.17) is 9.47 Å². The Hall–Kier alpha value is -0.860. The number of benzene rings is 1. The SMILES string of the molecule is CN=C(NCCCCOCc1ccccc1)NCCCOCC(C)C.I. The summed E-state index contributed by atoms with van der Waals surface area (Å²) in [6.45, 7) is 9.20. The standard InChI is InChI=1S/C20H35N3O2.HI/c1-18(2)16-24-15-9-13-23-20(21-3)22-12-7-8-14-25-17-19-10-5-4-6-11-19;/h4-6,10-11,18H,7-9,12-17H2,1-3H3,(H2,21,22,23);1H. The van der Waals surface area contributed by atoms with E-state index in [1.165, 1.54) is 5.56 Å². The highest BCUT2D eigenvalue weighted by atomic mass is 127. The lowest BCUT2D eigenvalue weighted by atomic mass is 10.2. The second kappa shape index (κ2) is 17.5. The van der Waals surface area contributed by atoms with Crippen molar-refractivity contribution in [2.75, 3.05) is 40.0 Å². The van der Waals surface area contributed by atoms with Gasteiger partial charge in [0.1, 0.15) is 0 Å². The minimum atomic E-state index is 0. The number of guanidine groups is 1. The molecule has 0 amide bonds. The van der Waals surface area contributed by atoms with Gasteiger partial charge in [0.2, 0.25) is 0 Å². The van der Waals surface area contributed by atoms with E-state index in [0.29, 0.717) is 12.5 Å². The second-order valence-corrected chi connectivity index (χ2v) is 6.49. The summed E-state index contributed by atoms with van der Waals surface area (Å²) in [5.74, 6) is 1.45. The van der Waals surface area contributed by atoms with Gasteiger partial charge in [0.25, 0.3) is 0 Å². The molecule has 0 fully saturated rings. The molecule has 1 aromatic rings. The van der Waals surface area contributed by atoms with Crippen LogP contribution in [0.1, 0.15) is 38.7 Å². The summed E-state index contributed by atoms with van der Waals surface area (Å²) < 4.78 is 11.2. The lowest BCUT2D eigenvalue weighted by molar-refractivity contribution is 0.108. The van der Waals surface area contributed by atoms with Gasteiger partial charge in [-0.3, -0.25) is 4.99 Å². The number of unbranched alkanes of at least 4 members (excludes halogenated alkanes) is 1. The predicted octanol–water partition coefficient (Wildman–Crippen LogP) is 3.83. The monoisotopic (exact) mass is 477 g/mol. The van der Waals surface area contributed by atoms with Crippen molar-refractivity contribution in [3.05, 3.63) is 35.9 Å². The largest absolute Gasteiger partial charge is 0.381 e. The molecule has 0 bridgehead atoms. The highest BCUT2D eigenvalue weighted by molar-refractivity contribution is 14.0. The Morgan fingerprint density at radius 1 is 0.962 bits per heavy atom. The Kier molecular flexibility index (Phi) is 17.0. The average molecular weight is 477 g/mol. The molecule has 0 saturated carbocycles. The van der Waals surface area contributed by atoms with Gasteiger partial charge in [-0.05, 0) is 30.7 Å². The maximum Gasteiger partial charge on any atom is 0.190 e. The molecule has 0 aliphatic heterocycles. The molecule has 0 unspecified atom stereocenters. The molecule has 26 heavy (non-hydrogen) atoms. The summed E-state index contributed by atoms with van der Waals surface area (Å²) in [5, 5.41) is 6.64. The number of rotatable bonds is 13. The highest BCUT2D eigenvalue weighted by Gasteiger charge is 1.98. The predicted molar refractivity (Wildman–Crippen MR) is 120 cm³/mol. The zero-order valence-electron chi connectivity index (χ0n) is 16.5. The third-order valence-electron chi connectivity index (χ3n) is 3.55. The number of nitrogens with one attached hydrogen (secondary N) is 2. The molecule has 0 aliphatic rings. The van der Waals surface area contributed by atoms with Crippen molar-refractivity contribution < 1.29 is 9.47 Å². The quantitative estimate of drug-likeness (QED) is 0.196. The van der Waals surface area contributed by atoms with Crippen LogP contribution in [-0.4, -0.2) is 45.9 Å². The van der Waals surface area contributed by atoms with Crippen LogP contribution in [0, 0.1) is 5.92 Å². The summed E-state index contributed by atoms with van der Waals surface area (Å²) in [4.78, 5) is 4.23. The fourth-order valence-electron chi connectivity index (χ4n) is 2.22. The van der Waals surface area contributed by atoms with E-state index in [2.05, 4.69) is 41.6 Å². The number of hydrogen-bond acceptors (Lipinski definition) is 3. The van der Waals surface area contributed by atoms with Gasteiger partial charge in [0.15, 0.2) is 5.96 Å². The molecular weight excluding hydrogens is 441 g/mol. The fraction of sp³-hybridized carbons (Fsp3) is 0.650. The number of hydrogen-bond donors (Lipinski definition) is 2. The first kappa shape index (κ1) is 25.1. The van der Waals surface area contributed by atoms with Crippen LogP contribution < -0.4 is 10.6 Å². The molecule has 0 spiro atoms. The van der Waals surface area contributed by atoms with Gasteiger partial charge < -0.3 is 20.1 Å². The van der Waals surface area contributed by atoms with Crippen molar-refractivity contribution in [2.45, 2.75) is 39.7 Å². The number of nitrogens with zero attached hydrogens (tertiary/aromatic N) is 1. The fourth-order valence-corrected chi connectivity index (χ4v) is 2.22. The summed E-state index contributed by atoms with van der Waals surface area (Å²) in [6, 6.07) is 10.3. The van der Waals surface area contributed by atoms with Crippen molar-refractivity contribution in [3.8, 4) is 0 Å². The third-order valence-corrected chi connectivity index (χ3v) is 3.55. The van der Waals surface area contributed by atoms with E-state index in [1.807, 2.05) is 18.2 Å². The van der Waals surface area contributed by atoms with Crippen molar-refractivity contribution in [1.29, 1.82) is 0 Å². The molecule has 0 radical (unpaired) electrons. The Bertz CT molecular complexity index is 456. The van der Waals surface area contributed by atoms with Crippen molar-refractivity contribution in [1.82, 2.24) is 10.6 Å². The topological polar surface area (TPSA) is 54.9 Å². The molecule has 1 rings (SSSR count). The Labute approximate surface area is 176 Å². The van der Waals surface area contributed by atoms with E-state index in [-0.39, 0.29) is 24.0 Å². The van der Waals surface area contributed by atoms with E-state index >= 15 is 0 Å². The molecule has 2 N–H and O–H groups in total. The number of halogens is 1. The lowest BCUT2D eigenvalue weighted by Gasteiger charge is -2.12. The summed E-state index contributed by atoms with van der Waals surface area (Å²) in [5.41, 5.74) is 1.22. The second-order valence-electron chi connectivity index (χ2n) is 6.49. The van der Waals surface area contributed by atoms with E-state index in [0.717, 1.165) is 58.1 Å². The smallest absolute Gasteiger partial charge is 0.190 e. The van der Waals surface area contributed by atoms with Crippen LogP contribution in [-0.2, 0) is 16.1 Å². The van der Waals surface area contributed by atoms with Crippen LogP contribution in [0.25, 0.3) is 0 Å². The molecule has 1 aromatic carbocycles. The molecule has 0 atom stereocenters. The van der Waals surface area contributed by atoms with Crippen LogP contribution in [0.3, 0.4) is 0 Å². The minimum Gasteiger partial charge on any atom is -0.381 e. The molecule has 150 valence electrons. The Morgan fingerprint density at radius 3 is 2.27 bits per heavy atom. The molecule has 6 heteroatoms. The van der Waals surface area contributed by atoms with Crippen LogP contribution in [0.5, 0.6) is 0 Å². The maximum atomic E-state index is 5.68. The molecular formula is C20H36IN3O2. The zero-order chi connectivity index (χ0) is 18.2.